The van der Waals surface area contributed by atoms with Crippen molar-refractivity contribution in [3.8, 4) is 0 Å². The summed E-state index contributed by atoms with van der Waals surface area (Å²) in [6.45, 7) is 4.70. The summed E-state index contributed by atoms with van der Waals surface area (Å²) in [6, 6.07) is -0.868. The Bertz CT molecular complexity index is 1330. The minimum absolute atomic E-state index is 0.0535. The van der Waals surface area contributed by atoms with Crippen LogP contribution in [-0.4, -0.2) is 73.4 Å². The SMILES string of the molecule is CC/C=C\C/C=C\C/C=C\C/C=C\CCCCCCCCCCCCCCC(=O)NC(COP(=O)(O)OCC[N+](C)(C)C)C(O)/C=C/CC/C=C/CCCCCCCCCCCCCCCCC. The smallest absolute Gasteiger partial charge is 0.387 e. The largest absolute Gasteiger partial charge is 0.472 e. The summed E-state index contributed by atoms with van der Waals surface area (Å²) in [4.78, 5) is 23.3. The van der Waals surface area contributed by atoms with Gasteiger partial charge in [0.1, 0.15) is 13.2 Å². The highest BCUT2D eigenvalue weighted by Gasteiger charge is 2.27. The number of nitrogens with one attached hydrogen (secondary N) is 1. The number of hydrogen-bond acceptors (Lipinski definition) is 5. The first kappa shape index (κ1) is 65.9. The lowest BCUT2D eigenvalue weighted by molar-refractivity contribution is -0.870. The van der Waals surface area contributed by atoms with Crippen molar-refractivity contribution < 1.29 is 32.9 Å². The Morgan fingerprint density at radius 3 is 1.35 bits per heavy atom. The number of aliphatic hydroxyl groups excluding tert-OH is 1. The second-order valence-electron chi connectivity index (χ2n) is 20.3. The van der Waals surface area contributed by atoms with Gasteiger partial charge in [-0.3, -0.25) is 13.8 Å². The van der Waals surface area contributed by atoms with Gasteiger partial charge in [0.15, 0.2) is 0 Å². The predicted molar refractivity (Wildman–Crippen MR) is 295 cm³/mol. The summed E-state index contributed by atoms with van der Waals surface area (Å²) in [6.07, 6.45) is 68.6. The fraction of sp³-hybridized carbons (Fsp3) is 0.780. The van der Waals surface area contributed by atoms with Gasteiger partial charge in [0, 0.05) is 6.42 Å². The van der Waals surface area contributed by atoms with Crippen LogP contribution in [0, 0.1) is 0 Å². The van der Waals surface area contributed by atoms with Crippen LogP contribution in [0.1, 0.15) is 245 Å². The molecule has 0 saturated carbocycles. The van der Waals surface area contributed by atoms with E-state index in [-0.39, 0.29) is 19.1 Å². The highest BCUT2D eigenvalue weighted by molar-refractivity contribution is 7.47. The Morgan fingerprint density at radius 1 is 0.515 bits per heavy atom. The maximum absolute atomic E-state index is 13.0. The molecule has 0 rings (SSSR count). The lowest BCUT2D eigenvalue weighted by Crippen LogP contribution is -2.45. The molecule has 0 spiro atoms. The monoisotopic (exact) mass is 974 g/mol. The number of nitrogens with zero attached hydrogens (tertiary/aromatic N) is 1. The van der Waals surface area contributed by atoms with Crippen molar-refractivity contribution in [3.05, 3.63) is 72.9 Å². The summed E-state index contributed by atoms with van der Waals surface area (Å²) >= 11 is 0. The van der Waals surface area contributed by atoms with Crippen LogP contribution in [0.2, 0.25) is 0 Å². The fourth-order valence-corrected chi connectivity index (χ4v) is 8.73. The predicted octanol–water partition coefficient (Wildman–Crippen LogP) is 17.1. The molecule has 396 valence electrons. The molecule has 0 aliphatic rings. The van der Waals surface area contributed by atoms with Gasteiger partial charge < -0.3 is 19.8 Å². The second-order valence-corrected chi connectivity index (χ2v) is 21.7. The van der Waals surface area contributed by atoms with Gasteiger partial charge in [-0.05, 0) is 70.6 Å². The van der Waals surface area contributed by atoms with E-state index in [1.54, 1.807) is 6.08 Å². The number of likely N-dealkylation sites (N-methyl/N-ethyl adjacent to an activating group) is 1. The molecule has 0 aromatic rings. The molecule has 68 heavy (non-hydrogen) atoms. The zero-order valence-corrected chi connectivity index (χ0v) is 46.0. The first-order valence-electron chi connectivity index (χ1n) is 28.3. The highest BCUT2D eigenvalue weighted by atomic mass is 31.2. The molecule has 8 nitrogen and oxygen atoms in total. The van der Waals surface area contributed by atoms with Crippen LogP contribution in [0.3, 0.4) is 0 Å². The minimum Gasteiger partial charge on any atom is -0.387 e. The molecule has 0 heterocycles. The standard InChI is InChI=1S/C59H109N2O6P/c1-6-8-10-12-14-16-18-20-22-24-26-28-29-30-31-33-35-37-39-41-43-45-47-49-51-53-59(63)60-57(56-67-68(64,65)66-55-54-61(3,4)5)58(62)52-50-48-46-44-42-40-38-36-34-32-27-25-23-21-19-17-15-13-11-9-7-2/h8,10,14,16,20,22,26,28,42,44,50,52,57-58,62H,6-7,9,11-13,15,17-19,21,23-25,27,29-41,43,45-49,51,53-56H2,1-5H3,(H-,60,63,64,65)/p+1/b10-8-,16-14-,22-20-,28-26-,44-42+,52-50+. The van der Waals surface area contributed by atoms with Crippen LogP contribution in [0.25, 0.3) is 0 Å². The average molecular weight is 975 g/mol. The van der Waals surface area contributed by atoms with E-state index in [2.05, 4.69) is 79.9 Å². The topological polar surface area (TPSA) is 105 Å². The number of aliphatic hydroxyl groups is 1. The van der Waals surface area contributed by atoms with E-state index in [9.17, 15) is 19.4 Å². The molecule has 9 heteroatoms. The molecule has 0 aliphatic heterocycles. The van der Waals surface area contributed by atoms with Crippen molar-refractivity contribution in [3.63, 3.8) is 0 Å². The molecule has 0 fully saturated rings. The molecule has 3 unspecified atom stereocenters. The summed E-state index contributed by atoms with van der Waals surface area (Å²) in [5.41, 5.74) is 0. The van der Waals surface area contributed by atoms with Crippen molar-refractivity contribution >= 4 is 13.7 Å². The van der Waals surface area contributed by atoms with Crippen molar-refractivity contribution in [2.45, 2.75) is 257 Å². The Hall–Kier alpha value is -2.06. The van der Waals surface area contributed by atoms with Crippen LogP contribution in [-0.2, 0) is 18.4 Å². The summed E-state index contributed by atoms with van der Waals surface area (Å²) in [7, 11) is 1.55. The van der Waals surface area contributed by atoms with E-state index >= 15 is 0 Å². The molecule has 0 aromatic carbocycles. The van der Waals surface area contributed by atoms with Gasteiger partial charge in [-0.2, -0.15) is 0 Å². The van der Waals surface area contributed by atoms with E-state index in [0.717, 1.165) is 64.2 Å². The molecular weight excluding hydrogens is 864 g/mol. The molecule has 3 N–H and O–H groups in total. The number of rotatable bonds is 51. The molecule has 0 aromatic heterocycles. The van der Waals surface area contributed by atoms with E-state index < -0.39 is 20.0 Å². The van der Waals surface area contributed by atoms with Crippen LogP contribution in [0.15, 0.2) is 72.9 Å². The first-order valence-corrected chi connectivity index (χ1v) is 29.8. The highest BCUT2D eigenvalue weighted by Crippen LogP contribution is 2.43. The Labute approximate surface area is 421 Å². The van der Waals surface area contributed by atoms with Gasteiger partial charge in [0.25, 0.3) is 0 Å². The number of carbonyl (C=O) groups excluding carboxylic acids is 1. The minimum atomic E-state index is -4.36. The van der Waals surface area contributed by atoms with Crippen molar-refractivity contribution in [1.29, 1.82) is 0 Å². The van der Waals surface area contributed by atoms with E-state index in [1.165, 1.54) is 161 Å². The number of hydrogen-bond donors (Lipinski definition) is 3. The van der Waals surface area contributed by atoms with Crippen LogP contribution >= 0.6 is 7.82 Å². The van der Waals surface area contributed by atoms with Crippen molar-refractivity contribution in [2.75, 3.05) is 40.9 Å². The van der Waals surface area contributed by atoms with E-state index in [4.69, 9.17) is 9.05 Å². The fourth-order valence-electron chi connectivity index (χ4n) is 7.99. The number of quaternary nitrogens is 1. The molecule has 1 amide bonds. The van der Waals surface area contributed by atoms with Gasteiger partial charge in [0.05, 0.1) is 39.9 Å². The van der Waals surface area contributed by atoms with Gasteiger partial charge in [0.2, 0.25) is 5.91 Å². The van der Waals surface area contributed by atoms with Gasteiger partial charge >= 0.3 is 7.82 Å². The van der Waals surface area contributed by atoms with Crippen LogP contribution in [0.5, 0.6) is 0 Å². The van der Waals surface area contributed by atoms with E-state index in [0.29, 0.717) is 17.4 Å². The lowest BCUT2D eigenvalue weighted by Gasteiger charge is -2.25. The number of amides is 1. The lowest BCUT2D eigenvalue weighted by atomic mass is 10.0. The summed E-state index contributed by atoms with van der Waals surface area (Å²) in [5.74, 6) is -0.190. The Kier molecular flexibility index (Phi) is 48.4. The quantitative estimate of drug-likeness (QED) is 0.0243. The number of carbonyl (C=O) groups is 1. The summed E-state index contributed by atoms with van der Waals surface area (Å²) in [5, 5.41) is 13.9. The number of phosphoric ester groups is 1. The van der Waals surface area contributed by atoms with Gasteiger partial charge in [-0.25, -0.2) is 4.57 Å². The molecule has 0 radical (unpaired) electrons. The van der Waals surface area contributed by atoms with Crippen LogP contribution < -0.4 is 5.32 Å². The Morgan fingerprint density at radius 2 is 0.897 bits per heavy atom. The zero-order chi connectivity index (χ0) is 49.9. The molecule has 0 saturated heterocycles. The number of phosphoric acid groups is 1. The summed E-state index contributed by atoms with van der Waals surface area (Å²) < 4.78 is 23.7. The van der Waals surface area contributed by atoms with Gasteiger partial charge in [-0.15, -0.1) is 0 Å². The molecule has 0 aliphatic carbocycles. The van der Waals surface area contributed by atoms with Crippen molar-refractivity contribution in [1.82, 2.24) is 5.32 Å². The first-order chi connectivity index (χ1) is 33.0. The molecule has 3 atom stereocenters. The van der Waals surface area contributed by atoms with Crippen LogP contribution in [0.4, 0.5) is 0 Å². The maximum atomic E-state index is 13.0. The number of unbranched alkanes of at least 4 members (excludes halogenated alkanes) is 28. The normalized spacial score (nSPS) is 14.5. The average Bonchev–Trinajstić information content (AvgIpc) is 3.30. The zero-order valence-electron chi connectivity index (χ0n) is 45.1. The third kappa shape index (κ3) is 51.8. The molecular formula is C59H110N2O6P+. The second kappa shape index (κ2) is 49.9. The maximum Gasteiger partial charge on any atom is 0.472 e. The van der Waals surface area contributed by atoms with E-state index in [1.807, 2.05) is 27.2 Å². The number of allylic oxidation sites excluding steroid dienone is 11. The molecule has 0 bridgehead atoms. The third-order valence-electron chi connectivity index (χ3n) is 12.4. The van der Waals surface area contributed by atoms with Crippen molar-refractivity contribution in [2.24, 2.45) is 0 Å². The Balaban J connectivity index is 4.27. The third-order valence-corrected chi connectivity index (χ3v) is 13.4. The van der Waals surface area contributed by atoms with Gasteiger partial charge in [-0.1, -0.05) is 241 Å².